The topological polar surface area (TPSA) is 52.2 Å². The van der Waals surface area contributed by atoms with Crippen molar-refractivity contribution in [2.75, 3.05) is 7.11 Å². The highest BCUT2D eigenvalue weighted by Crippen LogP contribution is 2.20. The number of nitrogens with one attached hydrogen (secondary N) is 1. The van der Waals surface area contributed by atoms with Gasteiger partial charge < -0.3 is 14.5 Å². The highest BCUT2D eigenvalue weighted by molar-refractivity contribution is 5.15. The first-order valence-corrected chi connectivity index (χ1v) is 6.19. The number of aromatic nitrogens is 2. The molecule has 2 heterocycles. The van der Waals surface area contributed by atoms with Gasteiger partial charge in [-0.05, 0) is 18.9 Å². The number of hydrogen-bond acceptors (Lipinski definition) is 4. The molecule has 0 bridgehead atoms. The van der Waals surface area contributed by atoms with Gasteiger partial charge in [0.15, 0.2) is 5.75 Å². The third kappa shape index (κ3) is 2.73. The smallest absolute Gasteiger partial charge is 0.156 e. The van der Waals surface area contributed by atoms with E-state index in [4.69, 9.17) is 9.15 Å². The minimum Gasteiger partial charge on any atom is -0.493 e. The molecule has 5 heteroatoms. The molecule has 1 aliphatic rings. The van der Waals surface area contributed by atoms with Crippen LogP contribution in [0.15, 0.2) is 29.1 Å². The summed E-state index contributed by atoms with van der Waals surface area (Å²) in [6.07, 6.45) is 7.96. The summed E-state index contributed by atoms with van der Waals surface area (Å²) in [4.78, 5) is 0. The molecule has 18 heavy (non-hydrogen) atoms. The number of rotatable bonds is 6. The lowest BCUT2D eigenvalue weighted by molar-refractivity contribution is 0.413. The SMILES string of the molecule is COc1cnn(Cc2cc(CNC3CC3)co2)c1. The highest BCUT2D eigenvalue weighted by Gasteiger charge is 2.20. The standard InChI is InChI=1S/C13H17N3O2/c1-17-13-6-15-16(8-13)7-12-4-10(9-18-12)5-14-11-2-3-11/h4,6,8-9,11,14H,2-3,5,7H2,1H3. The molecule has 1 N–H and O–H groups in total. The van der Waals surface area contributed by atoms with Gasteiger partial charge in [0.25, 0.3) is 0 Å². The number of furan rings is 1. The summed E-state index contributed by atoms with van der Waals surface area (Å²) in [6, 6.07) is 2.79. The van der Waals surface area contributed by atoms with Crippen molar-refractivity contribution in [3.05, 3.63) is 36.0 Å². The first-order valence-electron chi connectivity index (χ1n) is 6.19. The summed E-state index contributed by atoms with van der Waals surface area (Å²) in [6.45, 7) is 1.52. The summed E-state index contributed by atoms with van der Waals surface area (Å²) >= 11 is 0. The summed E-state index contributed by atoms with van der Waals surface area (Å²) in [7, 11) is 1.63. The van der Waals surface area contributed by atoms with E-state index in [1.807, 2.05) is 12.5 Å². The van der Waals surface area contributed by atoms with Crippen molar-refractivity contribution < 1.29 is 9.15 Å². The second kappa shape index (κ2) is 4.86. The Morgan fingerprint density at radius 2 is 2.44 bits per heavy atom. The molecule has 96 valence electrons. The maximum absolute atomic E-state index is 5.52. The molecule has 0 amide bonds. The minimum atomic E-state index is 0.632. The van der Waals surface area contributed by atoms with Gasteiger partial charge in [0.05, 0.1) is 32.3 Å². The van der Waals surface area contributed by atoms with Gasteiger partial charge in [-0.15, -0.1) is 0 Å². The van der Waals surface area contributed by atoms with Gasteiger partial charge in [0.1, 0.15) is 5.76 Å². The van der Waals surface area contributed by atoms with Gasteiger partial charge in [-0.3, -0.25) is 4.68 Å². The number of ether oxygens (including phenoxy) is 1. The summed E-state index contributed by atoms with van der Waals surface area (Å²) < 4.78 is 12.4. The first kappa shape index (κ1) is 11.3. The van der Waals surface area contributed by atoms with Gasteiger partial charge in [0, 0.05) is 18.2 Å². The second-order valence-electron chi connectivity index (χ2n) is 4.65. The van der Waals surface area contributed by atoms with Crippen LogP contribution in [0, 0.1) is 0 Å². The van der Waals surface area contributed by atoms with Crippen molar-refractivity contribution in [3.8, 4) is 5.75 Å². The highest BCUT2D eigenvalue weighted by atomic mass is 16.5. The summed E-state index contributed by atoms with van der Waals surface area (Å²) in [5.41, 5.74) is 1.19. The first-order chi connectivity index (χ1) is 8.83. The van der Waals surface area contributed by atoms with E-state index in [2.05, 4.69) is 16.5 Å². The fourth-order valence-electron chi connectivity index (χ4n) is 1.85. The number of hydrogen-bond donors (Lipinski definition) is 1. The molecule has 0 spiro atoms. The van der Waals surface area contributed by atoms with Gasteiger partial charge in [-0.1, -0.05) is 0 Å². The Morgan fingerprint density at radius 3 is 3.17 bits per heavy atom. The molecule has 0 radical (unpaired) electrons. The Balaban J connectivity index is 1.58. The van der Waals surface area contributed by atoms with E-state index in [0.717, 1.165) is 24.1 Å². The van der Waals surface area contributed by atoms with Crippen LogP contribution in [0.4, 0.5) is 0 Å². The van der Waals surface area contributed by atoms with Crippen LogP contribution in [0.5, 0.6) is 5.75 Å². The Labute approximate surface area is 106 Å². The van der Waals surface area contributed by atoms with Gasteiger partial charge >= 0.3 is 0 Å². The lowest BCUT2D eigenvalue weighted by Gasteiger charge is -1.97. The maximum Gasteiger partial charge on any atom is 0.156 e. The van der Waals surface area contributed by atoms with E-state index in [9.17, 15) is 0 Å². The predicted molar refractivity (Wildman–Crippen MR) is 66.5 cm³/mol. The third-order valence-electron chi connectivity index (χ3n) is 3.04. The zero-order valence-electron chi connectivity index (χ0n) is 10.4. The van der Waals surface area contributed by atoms with Crippen molar-refractivity contribution in [1.29, 1.82) is 0 Å². The average molecular weight is 247 g/mol. The molecule has 0 aliphatic heterocycles. The Kier molecular flexibility index (Phi) is 3.06. The molecule has 2 aromatic rings. The quantitative estimate of drug-likeness (QED) is 0.845. The van der Waals surface area contributed by atoms with E-state index in [1.165, 1.54) is 18.4 Å². The molecule has 0 aromatic carbocycles. The van der Waals surface area contributed by atoms with Crippen LogP contribution < -0.4 is 10.1 Å². The zero-order chi connectivity index (χ0) is 12.4. The normalized spacial score (nSPS) is 14.9. The van der Waals surface area contributed by atoms with Gasteiger partial charge in [0.2, 0.25) is 0 Å². The molecule has 5 nitrogen and oxygen atoms in total. The van der Waals surface area contributed by atoms with Crippen molar-refractivity contribution in [2.45, 2.75) is 32.0 Å². The molecule has 0 atom stereocenters. The monoisotopic (exact) mass is 247 g/mol. The average Bonchev–Trinajstić information content (AvgIpc) is 2.93. The zero-order valence-corrected chi connectivity index (χ0v) is 10.4. The molecule has 1 aliphatic carbocycles. The molecular formula is C13H17N3O2. The van der Waals surface area contributed by atoms with Crippen molar-refractivity contribution >= 4 is 0 Å². The second-order valence-corrected chi connectivity index (χ2v) is 4.65. The lowest BCUT2D eigenvalue weighted by atomic mass is 10.3. The van der Waals surface area contributed by atoms with Crippen LogP contribution in [-0.2, 0) is 13.1 Å². The summed E-state index contributed by atoms with van der Waals surface area (Å²) in [5.74, 6) is 1.67. The van der Waals surface area contributed by atoms with Crippen LogP contribution in [0.3, 0.4) is 0 Å². The van der Waals surface area contributed by atoms with Crippen LogP contribution >= 0.6 is 0 Å². The van der Waals surface area contributed by atoms with Crippen molar-refractivity contribution in [1.82, 2.24) is 15.1 Å². The molecule has 1 saturated carbocycles. The fourth-order valence-corrected chi connectivity index (χ4v) is 1.85. The molecule has 1 fully saturated rings. The number of nitrogens with zero attached hydrogens (tertiary/aromatic N) is 2. The van der Waals surface area contributed by atoms with Crippen LogP contribution in [0.2, 0.25) is 0 Å². The lowest BCUT2D eigenvalue weighted by Crippen LogP contribution is -2.14. The van der Waals surface area contributed by atoms with E-state index < -0.39 is 0 Å². The molecule has 0 unspecified atom stereocenters. The van der Waals surface area contributed by atoms with E-state index in [0.29, 0.717) is 6.54 Å². The van der Waals surface area contributed by atoms with Gasteiger partial charge in [-0.25, -0.2) is 0 Å². The van der Waals surface area contributed by atoms with E-state index >= 15 is 0 Å². The van der Waals surface area contributed by atoms with E-state index in [1.54, 1.807) is 18.0 Å². The largest absolute Gasteiger partial charge is 0.493 e. The minimum absolute atomic E-state index is 0.632. The predicted octanol–water partition coefficient (Wildman–Crippen LogP) is 1.78. The fraction of sp³-hybridized carbons (Fsp3) is 0.462. The number of methoxy groups -OCH3 is 1. The maximum atomic E-state index is 5.52. The molecule has 2 aromatic heterocycles. The van der Waals surface area contributed by atoms with E-state index in [-0.39, 0.29) is 0 Å². The van der Waals surface area contributed by atoms with Crippen LogP contribution in [0.25, 0.3) is 0 Å². The third-order valence-corrected chi connectivity index (χ3v) is 3.04. The Hall–Kier alpha value is -1.75. The Morgan fingerprint density at radius 1 is 1.56 bits per heavy atom. The van der Waals surface area contributed by atoms with Crippen LogP contribution in [-0.4, -0.2) is 22.9 Å². The van der Waals surface area contributed by atoms with Crippen LogP contribution in [0.1, 0.15) is 24.2 Å². The van der Waals surface area contributed by atoms with Gasteiger partial charge in [-0.2, -0.15) is 5.10 Å². The molecule has 3 rings (SSSR count). The summed E-state index contributed by atoms with van der Waals surface area (Å²) in [5, 5.41) is 7.65. The van der Waals surface area contributed by atoms with Crippen molar-refractivity contribution in [3.63, 3.8) is 0 Å². The molecular weight excluding hydrogens is 230 g/mol. The Bertz CT molecular complexity index is 514. The molecule has 0 saturated heterocycles. The van der Waals surface area contributed by atoms with Crippen molar-refractivity contribution in [2.24, 2.45) is 0 Å².